The normalized spacial score (nSPS) is 29.8. The molecule has 1 amide bonds. The third-order valence-electron chi connectivity index (χ3n) is 4.68. The van der Waals surface area contributed by atoms with E-state index >= 15 is 0 Å². The highest BCUT2D eigenvalue weighted by Gasteiger charge is 2.46. The van der Waals surface area contributed by atoms with Gasteiger partial charge in [-0.15, -0.1) is 0 Å². The van der Waals surface area contributed by atoms with Crippen molar-refractivity contribution in [3.63, 3.8) is 0 Å². The number of amides is 1. The Labute approximate surface area is 141 Å². The molecule has 0 radical (unpaired) electrons. The van der Waals surface area contributed by atoms with Crippen molar-refractivity contribution in [2.75, 3.05) is 13.1 Å². The number of nitrogens with one attached hydrogen (secondary N) is 1. The molecule has 134 valence electrons. The minimum atomic E-state index is -0.442. The van der Waals surface area contributed by atoms with Crippen LogP contribution in [0.25, 0.3) is 0 Å². The summed E-state index contributed by atoms with van der Waals surface area (Å²) in [6, 6.07) is 0.517. The van der Waals surface area contributed by atoms with E-state index in [0.29, 0.717) is 6.04 Å². The van der Waals surface area contributed by atoms with Crippen molar-refractivity contribution in [2.45, 2.75) is 96.6 Å². The second-order valence-electron chi connectivity index (χ2n) is 9.10. The maximum absolute atomic E-state index is 12.3. The van der Waals surface area contributed by atoms with Gasteiger partial charge in [0.15, 0.2) is 0 Å². The van der Waals surface area contributed by atoms with Crippen LogP contribution in [0.15, 0.2) is 0 Å². The molecule has 2 rings (SSSR count). The standard InChI is InChI=1S/C18H34N2O3/c1-16(2,3)22-15(21)20-10-8-9-13(20)12-19-14-11-17(4,5)23-18(14,6)7/h13-14,19H,8-12H2,1-7H3. The third-order valence-corrected chi connectivity index (χ3v) is 4.68. The fraction of sp³-hybridized carbons (Fsp3) is 0.944. The average molecular weight is 326 g/mol. The van der Waals surface area contributed by atoms with Gasteiger partial charge >= 0.3 is 6.09 Å². The van der Waals surface area contributed by atoms with Crippen LogP contribution in [0.4, 0.5) is 4.79 Å². The minimum absolute atomic E-state index is 0.0955. The van der Waals surface area contributed by atoms with Crippen molar-refractivity contribution in [3.05, 3.63) is 0 Å². The fourth-order valence-electron chi connectivity index (χ4n) is 3.77. The monoisotopic (exact) mass is 326 g/mol. The van der Waals surface area contributed by atoms with Crippen LogP contribution in [0.3, 0.4) is 0 Å². The Morgan fingerprint density at radius 3 is 2.48 bits per heavy atom. The highest BCUT2D eigenvalue weighted by Crippen LogP contribution is 2.37. The molecule has 2 unspecified atom stereocenters. The van der Waals surface area contributed by atoms with Crippen molar-refractivity contribution in [2.24, 2.45) is 0 Å². The molecule has 0 saturated carbocycles. The summed E-state index contributed by atoms with van der Waals surface area (Å²) >= 11 is 0. The maximum atomic E-state index is 12.3. The first kappa shape index (κ1) is 18.5. The number of carbonyl (C=O) groups is 1. The van der Waals surface area contributed by atoms with Crippen molar-refractivity contribution < 1.29 is 14.3 Å². The molecule has 23 heavy (non-hydrogen) atoms. The summed E-state index contributed by atoms with van der Waals surface area (Å²) in [7, 11) is 0. The number of nitrogens with zero attached hydrogens (tertiary/aromatic N) is 1. The van der Waals surface area contributed by atoms with Crippen molar-refractivity contribution in [3.8, 4) is 0 Å². The van der Waals surface area contributed by atoms with Crippen LogP contribution in [-0.4, -0.2) is 53.0 Å². The van der Waals surface area contributed by atoms with E-state index in [1.807, 2.05) is 25.7 Å². The lowest BCUT2D eigenvalue weighted by Crippen LogP contribution is -2.50. The summed E-state index contributed by atoms with van der Waals surface area (Å²) in [6.07, 6.45) is 2.87. The van der Waals surface area contributed by atoms with Crippen molar-refractivity contribution >= 4 is 6.09 Å². The molecular formula is C18H34N2O3. The van der Waals surface area contributed by atoms with E-state index in [1.165, 1.54) is 0 Å². The third kappa shape index (κ3) is 4.83. The topological polar surface area (TPSA) is 50.8 Å². The van der Waals surface area contributed by atoms with Gasteiger partial charge in [-0.3, -0.25) is 0 Å². The van der Waals surface area contributed by atoms with Gasteiger partial charge in [0, 0.05) is 25.2 Å². The van der Waals surface area contributed by atoms with Crippen LogP contribution >= 0.6 is 0 Å². The van der Waals surface area contributed by atoms with E-state index in [2.05, 4.69) is 33.0 Å². The van der Waals surface area contributed by atoms with Gasteiger partial charge in [-0.2, -0.15) is 0 Å². The molecule has 2 heterocycles. The van der Waals surface area contributed by atoms with E-state index < -0.39 is 5.60 Å². The summed E-state index contributed by atoms with van der Waals surface area (Å²) in [4.78, 5) is 14.2. The lowest BCUT2D eigenvalue weighted by Gasteiger charge is -2.31. The van der Waals surface area contributed by atoms with Gasteiger partial charge in [0.25, 0.3) is 0 Å². The summed E-state index contributed by atoms with van der Waals surface area (Å²) < 4.78 is 11.7. The van der Waals surface area contributed by atoms with Gasteiger partial charge in [-0.1, -0.05) is 0 Å². The Morgan fingerprint density at radius 1 is 1.30 bits per heavy atom. The molecular weight excluding hydrogens is 292 g/mol. The first-order valence-electron chi connectivity index (χ1n) is 8.83. The Balaban J connectivity index is 1.91. The smallest absolute Gasteiger partial charge is 0.410 e. The van der Waals surface area contributed by atoms with Crippen LogP contribution in [0, 0.1) is 0 Å². The van der Waals surface area contributed by atoms with Crippen LogP contribution < -0.4 is 5.32 Å². The predicted molar refractivity (Wildman–Crippen MR) is 91.6 cm³/mol. The first-order valence-corrected chi connectivity index (χ1v) is 8.83. The van der Waals surface area contributed by atoms with Crippen molar-refractivity contribution in [1.82, 2.24) is 10.2 Å². The minimum Gasteiger partial charge on any atom is -0.444 e. The van der Waals surface area contributed by atoms with Gasteiger partial charge in [0.05, 0.1) is 11.2 Å². The van der Waals surface area contributed by atoms with Gasteiger partial charge in [0.1, 0.15) is 5.60 Å². The number of likely N-dealkylation sites (tertiary alicyclic amines) is 1. The molecule has 5 nitrogen and oxygen atoms in total. The highest BCUT2D eigenvalue weighted by atomic mass is 16.6. The Bertz CT molecular complexity index is 440. The molecule has 5 heteroatoms. The Hall–Kier alpha value is -0.810. The van der Waals surface area contributed by atoms with Crippen LogP contribution in [0.2, 0.25) is 0 Å². The number of hydrogen-bond donors (Lipinski definition) is 1. The number of rotatable bonds is 3. The fourth-order valence-corrected chi connectivity index (χ4v) is 3.77. The van der Waals surface area contributed by atoms with Gasteiger partial charge < -0.3 is 19.7 Å². The van der Waals surface area contributed by atoms with Crippen molar-refractivity contribution in [1.29, 1.82) is 0 Å². The van der Waals surface area contributed by atoms with Gasteiger partial charge in [0.2, 0.25) is 0 Å². The van der Waals surface area contributed by atoms with E-state index in [0.717, 1.165) is 32.4 Å². The van der Waals surface area contributed by atoms with E-state index in [9.17, 15) is 4.79 Å². The second-order valence-corrected chi connectivity index (χ2v) is 9.10. The van der Waals surface area contributed by atoms with Gasteiger partial charge in [-0.25, -0.2) is 4.79 Å². The molecule has 0 aliphatic carbocycles. The molecule has 0 aromatic heterocycles. The zero-order valence-corrected chi connectivity index (χ0v) is 15.9. The molecule has 2 atom stereocenters. The summed E-state index contributed by atoms with van der Waals surface area (Å²) in [6.45, 7) is 15.9. The van der Waals surface area contributed by atoms with E-state index in [4.69, 9.17) is 9.47 Å². The largest absolute Gasteiger partial charge is 0.444 e. The Kier molecular flexibility index (Phi) is 5.03. The lowest BCUT2D eigenvalue weighted by atomic mass is 9.94. The maximum Gasteiger partial charge on any atom is 0.410 e. The van der Waals surface area contributed by atoms with E-state index in [-0.39, 0.29) is 23.3 Å². The SMILES string of the molecule is CC(C)(C)OC(=O)N1CCCC1CNC1CC(C)(C)OC1(C)C. The lowest BCUT2D eigenvalue weighted by molar-refractivity contribution is -0.0699. The summed E-state index contributed by atoms with van der Waals surface area (Å²) in [5.41, 5.74) is -0.719. The quantitative estimate of drug-likeness (QED) is 0.864. The Morgan fingerprint density at radius 2 is 1.96 bits per heavy atom. The molecule has 1 N–H and O–H groups in total. The molecule has 2 aliphatic rings. The zero-order chi connectivity index (χ0) is 17.5. The van der Waals surface area contributed by atoms with Crippen LogP contribution in [-0.2, 0) is 9.47 Å². The summed E-state index contributed by atoms with van der Waals surface area (Å²) in [5, 5.41) is 3.64. The molecule has 2 fully saturated rings. The molecule has 0 bridgehead atoms. The molecule has 0 aromatic rings. The van der Waals surface area contributed by atoms with E-state index in [1.54, 1.807) is 0 Å². The van der Waals surface area contributed by atoms with Gasteiger partial charge in [-0.05, 0) is 67.7 Å². The highest BCUT2D eigenvalue weighted by molar-refractivity contribution is 5.69. The molecule has 0 aromatic carbocycles. The predicted octanol–water partition coefficient (Wildman–Crippen LogP) is 3.32. The average Bonchev–Trinajstić information content (AvgIpc) is 2.85. The molecule has 0 spiro atoms. The molecule has 2 saturated heterocycles. The first-order chi connectivity index (χ1) is 10.4. The summed E-state index contributed by atoms with van der Waals surface area (Å²) in [5.74, 6) is 0. The van der Waals surface area contributed by atoms with Crippen LogP contribution in [0.1, 0.15) is 67.7 Å². The second kappa shape index (κ2) is 6.25. The molecule has 2 aliphatic heterocycles. The number of hydrogen-bond acceptors (Lipinski definition) is 4. The number of carbonyl (C=O) groups excluding carboxylic acids is 1. The zero-order valence-electron chi connectivity index (χ0n) is 15.9. The number of ether oxygens (including phenoxy) is 2. The van der Waals surface area contributed by atoms with Crippen LogP contribution in [0.5, 0.6) is 0 Å².